The average molecular weight is 477 g/mol. The summed E-state index contributed by atoms with van der Waals surface area (Å²) in [4.78, 5) is -0.0636. The molecule has 0 amide bonds. The first kappa shape index (κ1) is 23.1. The molecule has 4 rings (SSSR count). The molecular weight excluding hydrogens is 450 g/mol. The van der Waals surface area contributed by atoms with E-state index < -0.39 is 32.9 Å². The lowest BCUT2D eigenvalue weighted by molar-refractivity contribution is 0.323. The zero-order valence-corrected chi connectivity index (χ0v) is 19.4. The van der Waals surface area contributed by atoms with Gasteiger partial charge in [0.05, 0.1) is 22.4 Å². The van der Waals surface area contributed by atoms with Crippen LogP contribution < -0.4 is 15.4 Å². The van der Waals surface area contributed by atoms with E-state index in [4.69, 9.17) is 4.74 Å². The van der Waals surface area contributed by atoms with Crippen molar-refractivity contribution in [2.24, 2.45) is 5.41 Å². The van der Waals surface area contributed by atoms with Gasteiger partial charge in [0.1, 0.15) is 18.0 Å². The molecule has 6 nitrogen and oxygen atoms in total. The number of fused-ring (bicyclic) bond motifs is 1. The van der Waals surface area contributed by atoms with Crippen LogP contribution in [0.15, 0.2) is 53.1 Å². The molecule has 2 aromatic carbocycles. The summed E-state index contributed by atoms with van der Waals surface area (Å²) in [6, 6.07) is 6.06. The normalized spacial score (nSPS) is 20.6. The highest BCUT2D eigenvalue weighted by Gasteiger charge is 2.44. The minimum absolute atomic E-state index is 0.0206. The van der Waals surface area contributed by atoms with Crippen LogP contribution in [0.25, 0.3) is 0 Å². The topological polar surface area (TPSA) is 87.7 Å². The first-order chi connectivity index (χ1) is 15.4. The molecular formula is C24H26F2N2O4S. The smallest absolute Gasteiger partial charge is 0.200 e. The molecule has 0 saturated carbocycles. The number of benzene rings is 2. The Labute approximate surface area is 191 Å². The number of para-hydroxylation sites is 1. The van der Waals surface area contributed by atoms with Crippen molar-refractivity contribution >= 4 is 21.2 Å². The zero-order chi connectivity index (χ0) is 24.1. The molecule has 176 valence electrons. The number of phenolic OH excluding ortho intramolecular Hbond substituents is 1. The highest BCUT2D eigenvalue weighted by molar-refractivity contribution is 7.95. The van der Waals surface area contributed by atoms with E-state index in [-0.39, 0.29) is 40.0 Å². The molecule has 0 aromatic heterocycles. The molecule has 0 spiro atoms. The molecule has 0 fully saturated rings. The average Bonchev–Trinajstić information content (AvgIpc) is 2.85. The number of anilines is 2. The summed E-state index contributed by atoms with van der Waals surface area (Å²) in [7, 11) is -3.86. The molecule has 2 heterocycles. The van der Waals surface area contributed by atoms with E-state index in [0.717, 1.165) is 0 Å². The Bertz CT molecular complexity index is 1290. The number of hydrogen-bond donors (Lipinski definition) is 3. The third-order valence-corrected chi connectivity index (χ3v) is 7.92. The van der Waals surface area contributed by atoms with E-state index in [1.807, 2.05) is 13.8 Å². The van der Waals surface area contributed by atoms with Crippen molar-refractivity contribution in [3.8, 4) is 11.5 Å². The van der Waals surface area contributed by atoms with E-state index in [2.05, 4.69) is 17.2 Å². The molecule has 2 aliphatic heterocycles. The molecule has 1 unspecified atom stereocenters. The predicted octanol–water partition coefficient (Wildman–Crippen LogP) is 5.26. The highest BCUT2D eigenvalue weighted by atomic mass is 32.2. The van der Waals surface area contributed by atoms with Gasteiger partial charge in [-0.15, -0.1) is 0 Å². The van der Waals surface area contributed by atoms with Gasteiger partial charge in [0.25, 0.3) is 0 Å². The summed E-state index contributed by atoms with van der Waals surface area (Å²) < 4.78 is 62.3. The van der Waals surface area contributed by atoms with E-state index in [9.17, 15) is 17.9 Å². The van der Waals surface area contributed by atoms with Crippen molar-refractivity contribution in [3.05, 3.63) is 70.3 Å². The van der Waals surface area contributed by atoms with Crippen LogP contribution in [0.4, 0.5) is 20.2 Å². The third kappa shape index (κ3) is 4.29. The number of hydrogen-bond acceptors (Lipinski definition) is 6. The van der Waals surface area contributed by atoms with Crippen molar-refractivity contribution in [1.29, 1.82) is 0 Å². The number of halogens is 2. The number of nitrogens with one attached hydrogen (secondary N) is 2. The minimum Gasteiger partial charge on any atom is -0.506 e. The molecule has 0 aliphatic carbocycles. The molecule has 2 aromatic rings. The van der Waals surface area contributed by atoms with Crippen LogP contribution in [0.1, 0.15) is 38.8 Å². The number of phenols is 1. The van der Waals surface area contributed by atoms with Crippen LogP contribution in [0, 0.1) is 17.0 Å². The van der Waals surface area contributed by atoms with Crippen LogP contribution in [0.3, 0.4) is 0 Å². The summed E-state index contributed by atoms with van der Waals surface area (Å²) in [5.41, 5.74) is 0.856. The maximum atomic E-state index is 15.3. The fourth-order valence-electron chi connectivity index (χ4n) is 4.32. The van der Waals surface area contributed by atoms with E-state index in [1.54, 1.807) is 19.1 Å². The summed E-state index contributed by atoms with van der Waals surface area (Å²) in [5, 5.41) is 16.5. The Hall–Kier alpha value is -3.07. The van der Waals surface area contributed by atoms with Gasteiger partial charge in [-0.2, -0.15) is 4.39 Å². The molecule has 3 N–H and O–H groups in total. The number of allylic oxidation sites excluding steroid dienone is 1. The number of rotatable bonds is 4. The Balaban J connectivity index is 1.91. The number of ether oxygens (including phenoxy) is 1. The second kappa shape index (κ2) is 8.06. The molecule has 2 aliphatic rings. The van der Waals surface area contributed by atoms with Gasteiger partial charge in [0.2, 0.25) is 5.82 Å². The Morgan fingerprint density at radius 3 is 2.67 bits per heavy atom. The number of aromatic hydroxyl groups is 1. The fourth-order valence-corrected chi connectivity index (χ4v) is 6.65. The standard InChI is InChI=1S/C24H26F2N2O4S/c1-13(2)11-32-18-9-8-14(19(25)20(18)26)21-23-16(10-24(3,4)12-33(23,30)31)28-22-15(27-21)6-5-7-17(22)29/h5-9,21,27-29H,1,10-12H2,2-4H3. The fraction of sp³-hybridized carbons (Fsp3) is 0.333. The number of sulfone groups is 1. The molecule has 1 atom stereocenters. The van der Waals surface area contributed by atoms with Crippen LogP contribution in [0.5, 0.6) is 11.5 Å². The van der Waals surface area contributed by atoms with E-state index >= 15 is 4.39 Å². The van der Waals surface area contributed by atoms with E-state index in [1.165, 1.54) is 18.2 Å². The van der Waals surface area contributed by atoms with Crippen molar-refractivity contribution in [1.82, 2.24) is 0 Å². The van der Waals surface area contributed by atoms with Gasteiger partial charge in [-0.1, -0.05) is 26.5 Å². The lowest BCUT2D eigenvalue weighted by Crippen LogP contribution is -2.35. The van der Waals surface area contributed by atoms with Gasteiger partial charge < -0.3 is 20.5 Å². The monoisotopic (exact) mass is 476 g/mol. The Morgan fingerprint density at radius 1 is 1.24 bits per heavy atom. The largest absolute Gasteiger partial charge is 0.506 e. The van der Waals surface area contributed by atoms with Gasteiger partial charge in [-0.3, -0.25) is 0 Å². The minimum atomic E-state index is -3.86. The zero-order valence-electron chi connectivity index (χ0n) is 18.6. The molecule has 0 bridgehead atoms. The quantitative estimate of drug-likeness (QED) is 0.412. The molecule has 9 heteroatoms. The van der Waals surface area contributed by atoms with Crippen molar-refractivity contribution in [3.63, 3.8) is 0 Å². The maximum absolute atomic E-state index is 15.3. The van der Waals surface area contributed by atoms with E-state index in [0.29, 0.717) is 23.4 Å². The first-order valence-electron chi connectivity index (χ1n) is 10.5. The van der Waals surface area contributed by atoms with Gasteiger partial charge in [-0.05, 0) is 48.6 Å². The lowest BCUT2D eigenvalue weighted by atomic mass is 9.88. The summed E-state index contributed by atoms with van der Waals surface area (Å²) in [6.07, 6.45) is 0.345. The highest BCUT2D eigenvalue weighted by Crippen LogP contribution is 2.48. The lowest BCUT2D eigenvalue weighted by Gasteiger charge is -2.34. The SMILES string of the molecule is C=C(C)COc1ccc(C2Nc3cccc(O)c3NC3=C2S(=O)(=O)CC(C)(C)C3)c(F)c1F. The van der Waals surface area contributed by atoms with Crippen LogP contribution in [-0.4, -0.2) is 25.9 Å². The summed E-state index contributed by atoms with van der Waals surface area (Å²) >= 11 is 0. The molecule has 33 heavy (non-hydrogen) atoms. The van der Waals surface area contributed by atoms with Crippen LogP contribution in [-0.2, 0) is 9.84 Å². The van der Waals surface area contributed by atoms with Crippen LogP contribution >= 0.6 is 0 Å². The summed E-state index contributed by atoms with van der Waals surface area (Å²) in [5.74, 6) is -2.94. The first-order valence-corrected chi connectivity index (χ1v) is 12.1. The third-order valence-electron chi connectivity index (χ3n) is 5.61. The Morgan fingerprint density at radius 2 is 1.97 bits per heavy atom. The van der Waals surface area contributed by atoms with Crippen molar-refractivity contribution in [2.45, 2.75) is 33.2 Å². The Kier molecular flexibility index (Phi) is 5.64. The van der Waals surface area contributed by atoms with Gasteiger partial charge >= 0.3 is 0 Å². The summed E-state index contributed by atoms with van der Waals surface area (Å²) in [6.45, 7) is 9.03. The van der Waals surface area contributed by atoms with Gasteiger partial charge in [0, 0.05) is 11.3 Å². The molecule has 0 saturated heterocycles. The second-order valence-electron chi connectivity index (χ2n) is 9.37. The predicted molar refractivity (Wildman–Crippen MR) is 124 cm³/mol. The maximum Gasteiger partial charge on any atom is 0.200 e. The van der Waals surface area contributed by atoms with Crippen molar-refractivity contribution < 1.29 is 27.0 Å². The van der Waals surface area contributed by atoms with Crippen LogP contribution in [0.2, 0.25) is 0 Å². The second-order valence-corrected chi connectivity index (χ2v) is 11.3. The van der Waals surface area contributed by atoms with Crippen molar-refractivity contribution in [2.75, 3.05) is 23.0 Å². The van der Waals surface area contributed by atoms with Gasteiger partial charge in [-0.25, -0.2) is 12.8 Å². The van der Waals surface area contributed by atoms with Gasteiger partial charge in [0.15, 0.2) is 21.4 Å². The molecule has 0 radical (unpaired) electrons.